The van der Waals surface area contributed by atoms with Crippen LogP contribution in [0.15, 0.2) is 18.2 Å². The molecule has 96 valence electrons. The van der Waals surface area contributed by atoms with Gasteiger partial charge in [0.1, 0.15) is 0 Å². The average molecular weight is 251 g/mol. The zero-order chi connectivity index (χ0) is 13.1. The summed E-state index contributed by atoms with van der Waals surface area (Å²) in [5.41, 5.74) is 0.648. The molecule has 0 saturated heterocycles. The third-order valence-corrected chi connectivity index (χ3v) is 2.69. The SMILES string of the molecule is CNC(C)c1nnnn1-c1ccc(F)c(OC)c1. The highest BCUT2D eigenvalue weighted by atomic mass is 19.1. The summed E-state index contributed by atoms with van der Waals surface area (Å²) in [7, 11) is 3.23. The molecule has 6 nitrogen and oxygen atoms in total. The molecular formula is C11H14FN5O. The minimum atomic E-state index is -0.419. The fourth-order valence-corrected chi connectivity index (χ4v) is 1.56. The first-order valence-electron chi connectivity index (χ1n) is 5.46. The van der Waals surface area contributed by atoms with Crippen molar-refractivity contribution in [1.82, 2.24) is 25.5 Å². The number of hydrogen-bond donors (Lipinski definition) is 1. The summed E-state index contributed by atoms with van der Waals surface area (Å²) in [6, 6.07) is 4.46. The van der Waals surface area contributed by atoms with Gasteiger partial charge < -0.3 is 10.1 Å². The predicted molar refractivity (Wildman–Crippen MR) is 63.1 cm³/mol. The van der Waals surface area contributed by atoms with E-state index in [0.717, 1.165) is 0 Å². The first kappa shape index (κ1) is 12.4. The summed E-state index contributed by atoms with van der Waals surface area (Å²) in [6.45, 7) is 1.93. The van der Waals surface area contributed by atoms with Crippen molar-refractivity contribution in [3.8, 4) is 11.4 Å². The number of hydrogen-bond acceptors (Lipinski definition) is 5. The van der Waals surface area contributed by atoms with Crippen LogP contribution in [0.2, 0.25) is 0 Å². The smallest absolute Gasteiger partial charge is 0.173 e. The summed E-state index contributed by atoms with van der Waals surface area (Å²) < 4.78 is 19.8. The number of rotatable bonds is 4. The van der Waals surface area contributed by atoms with Crippen molar-refractivity contribution < 1.29 is 9.13 Å². The summed E-state index contributed by atoms with van der Waals surface area (Å²) >= 11 is 0. The minimum Gasteiger partial charge on any atom is -0.494 e. The van der Waals surface area contributed by atoms with Crippen molar-refractivity contribution in [2.24, 2.45) is 0 Å². The lowest BCUT2D eigenvalue weighted by Crippen LogP contribution is -2.17. The van der Waals surface area contributed by atoms with Crippen LogP contribution in [0.4, 0.5) is 4.39 Å². The van der Waals surface area contributed by atoms with Gasteiger partial charge in [0.15, 0.2) is 17.4 Å². The summed E-state index contributed by atoms with van der Waals surface area (Å²) in [6.07, 6.45) is 0. The van der Waals surface area contributed by atoms with Gasteiger partial charge in [-0.25, -0.2) is 4.39 Å². The molecule has 1 aromatic carbocycles. The van der Waals surface area contributed by atoms with Crippen LogP contribution in [0, 0.1) is 5.82 Å². The van der Waals surface area contributed by atoms with E-state index in [2.05, 4.69) is 20.8 Å². The molecular weight excluding hydrogens is 237 g/mol. The van der Waals surface area contributed by atoms with Gasteiger partial charge >= 0.3 is 0 Å². The molecule has 0 saturated carbocycles. The van der Waals surface area contributed by atoms with Crippen LogP contribution < -0.4 is 10.1 Å². The molecule has 0 aliphatic carbocycles. The van der Waals surface area contributed by atoms with Gasteiger partial charge in [0.25, 0.3) is 0 Å². The molecule has 0 amide bonds. The Labute approximate surface area is 104 Å². The van der Waals surface area contributed by atoms with E-state index in [4.69, 9.17) is 4.74 Å². The highest BCUT2D eigenvalue weighted by Gasteiger charge is 2.15. The molecule has 0 radical (unpaired) electrons. The molecule has 2 rings (SSSR count). The monoisotopic (exact) mass is 251 g/mol. The Morgan fingerprint density at radius 2 is 2.22 bits per heavy atom. The van der Waals surface area contributed by atoms with E-state index >= 15 is 0 Å². The zero-order valence-electron chi connectivity index (χ0n) is 10.4. The lowest BCUT2D eigenvalue weighted by atomic mass is 10.2. The summed E-state index contributed by atoms with van der Waals surface area (Å²) in [5, 5.41) is 14.5. The third kappa shape index (κ3) is 2.17. The van der Waals surface area contributed by atoms with Crippen molar-refractivity contribution >= 4 is 0 Å². The number of nitrogens with zero attached hydrogens (tertiary/aromatic N) is 4. The van der Waals surface area contributed by atoms with Gasteiger partial charge in [-0.3, -0.25) is 0 Å². The molecule has 0 aliphatic rings. The van der Waals surface area contributed by atoms with Crippen LogP contribution >= 0.6 is 0 Å². The van der Waals surface area contributed by atoms with E-state index in [1.54, 1.807) is 16.8 Å². The van der Waals surface area contributed by atoms with E-state index in [9.17, 15) is 4.39 Å². The van der Waals surface area contributed by atoms with Gasteiger partial charge in [-0.05, 0) is 36.5 Å². The molecule has 18 heavy (non-hydrogen) atoms. The van der Waals surface area contributed by atoms with Crippen LogP contribution in [0.25, 0.3) is 5.69 Å². The Morgan fingerprint density at radius 1 is 1.44 bits per heavy atom. The minimum absolute atomic E-state index is 0.0175. The van der Waals surface area contributed by atoms with Gasteiger partial charge in [0, 0.05) is 6.07 Å². The second-order valence-electron chi connectivity index (χ2n) is 3.78. The van der Waals surface area contributed by atoms with Crippen molar-refractivity contribution in [1.29, 1.82) is 0 Å². The lowest BCUT2D eigenvalue weighted by Gasteiger charge is -2.11. The van der Waals surface area contributed by atoms with Gasteiger partial charge in [-0.15, -0.1) is 5.10 Å². The number of benzene rings is 1. The van der Waals surface area contributed by atoms with Crippen molar-refractivity contribution in [2.45, 2.75) is 13.0 Å². The van der Waals surface area contributed by atoms with E-state index in [-0.39, 0.29) is 11.8 Å². The normalized spacial score (nSPS) is 12.4. The number of methoxy groups -OCH3 is 1. The van der Waals surface area contributed by atoms with E-state index < -0.39 is 5.82 Å². The summed E-state index contributed by atoms with van der Waals surface area (Å²) in [5.74, 6) is 0.384. The number of nitrogens with one attached hydrogen (secondary N) is 1. The molecule has 0 spiro atoms. The molecule has 0 aliphatic heterocycles. The molecule has 2 aromatic rings. The molecule has 1 heterocycles. The number of aromatic nitrogens is 4. The quantitative estimate of drug-likeness (QED) is 0.881. The lowest BCUT2D eigenvalue weighted by molar-refractivity contribution is 0.386. The Kier molecular flexibility index (Phi) is 3.52. The van der Waals surface area contributed by atoms with Gasteiger partial charge in [-0.2, -0.15) is 4.68 Å². The molecule has 1 aromatic heterocycles. The van der Waals surface area contributed by atoms with Crippen LogP contribution in [-0.4, -0.2) is 34.4 Å². The molecule has 1 N–H and O–H groups in total. The number of tetrazole rings is 1. The highest BCUT2D eigenvalue weighted by molar-refractivity contribution is 5.40. The van der Waals surface area contributed by atoms with Gasteiger partial charge in [-0.1, -0.05) is 0 Å². The van der Waals surface area contributed by atoms with E-state index in [1.807, 2.05) is 14.0 Å². The fourth-order valence-electron chi connectivity index (χ4n) is 1.56. The molecule has 1 atom stereocenters. The second kappa shape index (κ2) is 5.09. The second-order valence-corrected chi connectivity index (χ2v) is 3.78. The topological polar surface area (TPSA) is 64.9 Å². The van der Waals surface area contributed by atoms with Gasteiger partial charge in [0.05, 0.1) is 18.8 Å². The Hall–Kier alpha value is -2.02. The van der Waals surface area contributed by atoms with Crippen LogP contribution in [-0.2, 0) is 0 Å². The number of halogens is 1. The van der Waals surface area contributed by atoms with E-state index in [0.29, 0.717) is 11.5 Å². The van der Waals surface area contributed by atoms with Crippen LogP contribution in [0.5, 0.6) is 5.75 Å². The van der Waals surface area contributed by atoms with Crippen molar-refractivity contribution in [2.75, 3.05) is 14.2 Å². The van der Waals surface area contributed by atoms with Crippen LogP contribution in [0.1, 0.15) is 18.8 Å². The van der Waals surface area contributed by atoms with Crippen LogP contribution in [0.3, 0.4) is 0 Å². The van der Waals surface area contributed by atoms with Crippen molar-refractivity contribution in [3.63, 3.8) is 0 Å². The maximum Gasteiger partial charge on any atom is 0.173 e. The Bertz CT molecular complexity index is 542. The summed E-state index contributed by atoms with van der Waals surface area (Å²) in [4.78, 5) is 0. The zero-order valence-corrected chi connectivity index (χ0v) is 10.4. The standard InChI is InChI=1S/C11H14FN5O/c1-7(13-2)11-14-15-16-17(11)8-4-5-9(12)10(6-8)18-3/h4-7,13H,1-3H3. The Morgan fingerprint density at radius 3 is 2.89 bits per heavy atom. The third-order valence-electron chi connectivity index (χ3n) is 2.69. The first-order valence-corrected chi connectivity index (χ1v) is 5.46. The molecule has 1 unspecified atom stereocenters. The maximum absolute atomic E-state index is 13.3. The molecule has 7 heteroatoms. The van der Waals surface area contributed by atoms with Crippen molar-refractivity contribution in [3.05, 3.63) is 29.8 Å². The number of ether oxygens (including phenoxy) is 1. The average Bonchev–Trinajstić information content (AvgIpc) is 2.87. The molecule has 0 fully saturated rings. The fraction of sp³-hybridized carbons (Fsp3) is 0.364. The van der Waals surface area contributed by atoms with E-state index in [1.165, 1.54) is 13.2 Å². The first-order chi connectivity index (χ1) is 8.67. The largest absolute Gasteiger partial charge is 0.494 e. The maximum atomic E-state index is 13.3. The Balaban J connectivity index is 2.46. The predicted octanol–water partition coefficient (Wildman–Crippen LogP) is 1.09. The molecule has 0 bridgehead atoms. The highest BCUT2D eigenvalue weighted by Crippen LogP contribution is 2.22. The van der Waals surface area contributed by atoms with Gasteiger partial charge in [0.2, 0.25) is 0 Å².